The van der Waals surface area contributed by atoms with Crippen molar-refractivity contribution in [2.75, 3.05) is 19.6 Å². The van der Waals surface area contributed by atoms with Crippen LogP contribution in [-0.4, -0.2) is 41.5 Å². The Morgan fingerprint density at radius 3 is 2.57 bits per heavy atom. The third-order valence-electron chi connectivity index (χ3n) is 3.73. The number of hydrogen-bond acceptors (Lipinski definition) is 3. The van der Waals surface area contributed by atoms with Crippen LogP contribution in [0.3, 0.4) is 0 Å². The lowest BCUT2D eigenvalue weighted by molar-refractivity contribution is -0.130. The van der Waals surface area contributed by atoms with Gasteiger partial charge in [0.05, 0.1) is 0 Å². The molecule has 2 amide bonds. The fraction of sp³-hybridized carbons (Fsp3) is 0.500. The maximum atomic E-state index is 11.8. The number of nitrogens with one attached hydrogen (secondary N) is 1. The zero-order valence-electron chi connectivity index (χ0n) is 12.2. The van der Waals surface area contributed by atoms with E-state index in [1.165, 1.54) is 0 Å². The summed E-state index contributed by atoms with van der Waals surface area (Å²) in [6.07, 6.45) is 3.34. The Hall–Kier alpha value is -2.04. The molecule has 0 bridgehead atoms. The highest BCUT2D eigenvalue weighted by atomic mass is 16.3. The minimum Gasteiger partial charge on any atom is -0.508 e. The molecule has 0 aromatic heterocycles. The van der Waals surface area contributed by atoms with E-state index in [0.29, 0.717) is 25.8 Å². The SMILES string of the molecule is O=C(CCc1ccccc1O)NCCC(=O)N1CCCC1. The largest absolute Gasteiger partial charge is 0.508 e. The molecule has 1 aromatic rings. The molecule has 5 heteroatoms. The summed E-state index contributed by atoms with van der Waals surface area (Å²) in [6.45, 7) is 2.08. The lowest BCUT2D eigenvalue weighted by atomic mass is 10.1. The van der Waals surface area contributed by atoms with Crippen LogP contribution >= 0.6 is 0 Å². The number of para-hydroxylation sites is 1. The molecule has 0 aliphatic carbocycles. The minimum atomic E-state index is -0.0903. The Morgan fingerprint density at radius 2 is 1.86 bits per heavy atom. The summed E-state index contributed by atoms with van der Waals surface area (Å²) in [5, 5.41) is 12.4. The fourth-order valence-electron chi connectivity index (χ4n) is 2.49. The summed E-state index contributed by atoms with van der Waals surface area (Å²) >= 11 is 0. The molecule has 0 spiro atoms. The Balaban J connectivity index is 1.63. The first-order valence-corrected chi connectivity index (χ1v) is 7.48. The van der Waals surface area contributed by atoms with Crippen LogP contribution in [0.15, 0.2) is 24.3 Å². The maximum absolute atomic E-state index is 11.8. The summed E-state index contributed by atoms with van der Waals surface area (Å²) < 4.78 is 0. The number of aromatic hydroxyl groups is 1. The smallest absolute Gasteiger partial charge is 0.224 e. The molecule has 21 heavy (non-hydrogen) atoms. The fourth-order valence-corrected chi connectivity index (χ4v) is 2.49. The number of hydrogen-bond donors (Lipinski definition) is 2. The number of nitrogens with zero attached hydrogens (tertiary/aromatic N) is 1. The summed E-state index contributed by atoms with van der Waals surface area (Å²) in [7, 11) is 0. The van der Waals surface area contributed by atoms with Gasteiger partial charge in [0.2, 0.25) is 11.8 Å². The van der Waals surface area contributed by atoms with Gasteiger partial charge in [0.15, 0.2) is 0 Å². The number of rotatable bonds is 6. The van der Waals surface area contributed by atoms with Crippen LogP contribution in [0.1, 0.15) is 31.2 Å². The molecule has 1 saturated heterocycles. The highest BCUT2D eigenvalue weighted by Crippen LogP contribution is 2.17. The highest BCUT2D eigenvalue weighted by Gasteiger charge is 2.17. The lowest BCUT2D eigenvalue weighted by Crippen LogP contribution is -2.32. The summed E-state index contributed by atoms with van der Waals surface area (Å²) in [5.74, 6) is 0.246. The van der Waals surface area contributed by atoms with Crippen molar-refractivity contribution in [2.45, 2.75) is 32.1 Å². The van der Waals surface area contributed by atoms with E-state index in [1.807, 2.05) is 11.0 Å². The topological polar surface area (TPSA) is 69.6 Å². The molecule has 1 aliphatic heterocycles. The van der Waals surface area contributed by atoms with Gasteiger partial charge in [-0.25, -0.2) is 0 Å². The van der Waals surface area contributed by atoms with Crippen molar-refractivity contribution in [1.29, 1.82) is 0 Å². The zero-order valence-corrected chi connectivity index (χ0v) is 12.2. The van der Waals surface area contributed by atoms with Gasteiger partial charge in [-0.2, -0.15) is 0 Å². The molecule has 1 heterocycles. The average Bonchev–Trinajstić information content (AvgIpc) is 3.00. The van der Waals surface area contributed by atoms with E-state index < -0.39 is 0 Å². The van der Waals surface area contributed by atoms with E-state index in [9.17, 15) is 14.7 Å². The van der Waals surface area contributed by atoms with E-state index in [0.717, 1.165) is 31.5 Å². The predicted octanol–water partition coefficient (Wildman–Crippen LogP) is 1.45. The Labute approximate surface area is 125 Å². The van der Waals surface area contributed by atoms with Crippen molar-refractivity contribution in [1.82, 2.24) is 10.2 Å². The van der Waals surface area contributed by atoms with Gasteiger partial charge in [0.1, 0.15) is 5.75 Å². The van der Waals surface area contributed by atoms with Gasteiger partial charge in [-0.1, -0.05) is 18.2 Å². The van der Waals surface area contributed by atoms with Crippen molar-refractivity contribution in [3.05, 3.63) is 29.8 Å². The number of phenols is 1. The van der Waals surface area contributed by atoms with Crippen molar-refractivity contribution in [3.8, 4) is 5.75 Å². The molecule has 5 nitrogen and oxygen atoms in total. The van der Waals surface area contributed by atoms with E-state index >= 15 is 0 Å². The van der Waals surface area contributed by atoms with Crippen molar-refractivity contribution >= 4 is 11.8 Å². The first-order chi connectivity index (χ1) is 10.2. The maximum Gasteiger partial charge on any atom is 0.224 e. The molecule has 2 N–H and O–H groups in total. The van der Waals surface area contributed by atoms with Crippen LogP contribution in [0.5, 0.6) is 5.75 Å². The molecule has 114 valence electrons. The van der Waals surface area contributed by atoms with Crippen LogP contribution < -0.4 is 5.32 Å². The number of likely N-dealkylation sites (tertiary alicyclic amines) is 1. The van der Waals surface area contributed by atoms with E-state index in [-0.39, 0.29) is 17.6 Å². The Kier molecular flexibility index (Phi) is 5.60. The van der Waals surface area contributed by atoms with Gasteiger partial charge in [0, 0.05) is 32.5 Å². The number of carbonyl (C=O) groups excluding carboxylic acids is 2. The Morgan fingerprint density at radius 1 is 1.14 bits per heavy atom. The van der Waals surface area contributed by atoms with Crippen LogP contribution in [0.4, 0.5) is 0 Å². The Bertz CT molecular complexity index is 496. The highest BCUT2D eigenvalue weighted by molar-refractivity contribution is 5.79. The lowest BCUT2D eigenvalue weighted by Gasteiger charge is -2.15. The standard InChI is InChI=1S/C16H22N2O3/c19-14-6-2-1-5-13(14)7-8-15(20)17-10-9-16(21)18-11-3-4-12-18/h1-2,5-6,19H,3-4,7-12H2,(H,17,20). The van der Waals surface area contributed by atoms with Gasteiger partial charge < -0.3 is 15.3 Å². The van der Waals surface area contributed by atoms with E-state index in [2.05, 4.69) is 5.32 Å². The number of amides is 2. The van der Waals surface area contributed by atoms with E-state index in [1.54, 1.807) is 18.2 Å². The quantitative estimate of drug-likeness (QED) is 0.833. The number of aryl methyl sites for hydroxylation is 1. The second-order valence-electron chi connectivity index (χ2n) is 5.32. The number of phenolic OH excluding ortho intramolecular Hbond substituents is 1. The summed E-state index contributed by atoms with van der Waals surface area (Å²) in [4.78, 5) is 25.4. The van der Waals surface area contributed by atoms with E-state index in [4.69, 9.17) is 0 Å². The molecule has 1 aromatic carbocycles. The number of carbonyl (C=O) groups is 2. The number of benzene rings is 1. The molecule has 0 saturated carbocycles. The zero-order chi connectivity index (χ0) is 15.1. The van der Waals surface area contributed by atoms with Gasteiger partial charge in [0.25, 0.3) is 0 Å². The molecular weight excluding hydrogens is 268 g/mol. The summed E-state index contributed by atoms with van der Waals surface area (Å²) in [6, 6.07) is 7.01. The molecular formula is C16H22N2O3. The van der Waals surface area contributed by atoms with Gasteiger partial charge in [-0.3, -0.25) is 9.59 Å². The molecule has 1 fully saturated rings. The summed E-state index contributed by atoms with van der Waals surface area (Å²) in [5.41, 5.74) is 0.765. The van der Waals surface area contributed by atoms with Crippen molar-refractivity contribution < 1.29 is 14.7 Å². The van der Waals surface area contributed by atoms with Gasteiger partial charge >= 0.3 is 0 Å². The average molecular weight is 290 g/mol. The monoisotopic (exact) mass is 290 g/mol. The van der Waals surface area contributed by atoms with Crippen LogP contribution in [0.2, 0.25) is 0 Å². The molecule has 0 radical (unpaired) electrons. The molecule has 0 unspecified atom stereocenters. The van der Waals surface area contributed by atoms with Crippen molar-refractivity contribution in [3.63, 3.8) is 0 Å². The first kappa shape index (κ1) is 15.4. The molecule has 0 atom stereocenters. The second kappa shape index (κ2) is 7.67. The third kappa shape index (κ3) is 4.77. The molecule has 2 rings (SSSR count). The van der Waals surface area contributed by atoms with Crippen LogP contribution in [-0.2, 0) is 16.0 Å². The first-order valence-electron chi connectivity index (χ1n) is 7.48. The van der Waals surface area contributed by atoms with Gasteiger partial charge in [-0.05, 0) is 30.9 Å². The van der Waals surface area contributed by atoms with Crippen LogP contribution in [0.25, 0.3) is 0 Å². The molecule has 1 aliphatic rings. The predicted molar refractivity (Wildman–Crippen MR) is 79.9 cm³/mol. The third-order valence-corrected chi connectivity index (χ3v) is 3.73. The minimum absolute atomic E-state index is 0.0903. The van der Waals surface area contributed by atoms with Crippen molar-refractivity contribution in [2.24, 2.45) is 0 Å². The van der Waals surface area contributed by atoms with Gasteiger partial charge in [-0.15, -0.1) is 0 Å². The van der Waals surface area contributed by atoms with Crippen LogP contribution in [0, 0.1) is 0 Å². The second-order valence-corrected chi connectivity index (χ2v) is 5.32. The normalized spacial score (nSPS) is 14.2.